The van der Waals surface area contributed by atoms with Crippen LogP contribution < -0.4 is 5.56 Å². The van der Waals surface area contributed by atoms with Crippen LogP contribution in [0.1, 0.15) is 54.4 Å². The first-order valence-electron chi connectivity index (χ1n) is 10.3. The summed E-state index contributed by atoms with van der Waals surface area (Å²) in [6.45, 7) is 4.34. The lowest BCUT2D eigenvalue weighted by atomic mass is 10.00. The van der Waals surface area contributed by atoms with E-state index in [4.69, 9.17) is 9.84 Å². The van der Waals surface area contributed by atoms with E-state index in [0.717, 1.165) is 44.2 Å². The van der Waals surface area contributed by atoms with Gasteiger partial charge in [-0.3, -0.25) is 9.36 Å². The Bertz CT molecular complexity index is 1040. The molecule has 1 saturated heterocycles. The van der Waals surface area contributed by atoms with Gasteiger partial charge >= 0.3 is 0 Å². The van der Waals surface area contributed by atoms with Crippen LogP contribution >= 0.6 is 0 Å². The minimum Gasteiger partial charge on any atom is -0.381 e. The molecule has 3 aromatic rings. The van der Waals surface area contributed by atoms with Crippen molar-refractivity contribution < 1.29 is 4.74 Å². The predicted molar refractivity (Wildman–Crippen MR) is 107 cm³/mol. The lowest BCUT2D eigenvalue weighted by Crippen LogP contribution is -2.29. The summed E-state index contributed by atoms with van der Waals surface area (Å²) in [6.07, 6.45) is 6.63. The van der Waals surface area contributed by atoms with Crippen LogP contribution in [-0.4, -0.2) is 32.4 Å². The van der Waals surface area contributed by atoms with Gasteiger partial charge in [-0.15, -0.1) is 0 Å². The number of rotatable bonds is 5. The fraction of sp³-hybridized carbons (Fsp3) is 0.500. The van der Waals surface area contributed by atoms with E-state index in [-0.39, 0.29) is 5.56 Å². The lowest BCUT2D eigenvalue weighted by molar-refractivity contribution is 0.0832. The number of fused-ring (bicyclic) bond motifs is 1. The Morgan fingerprint density at radius 3 is 2.57 bits per heavy atom. The standard InChI is InChI=1S/C22H26N4O2/c1-15-2-4-16(5-3-15)12-20-24-26-19(22(27)25(20)14-17-6-7-17)13-23-21(26)18-8-10-28-11-9-18/h2-5,13,17-18H,6-12,14H2,1H3. The van der Waals surface area contributed by atoms with Gasteiger partial charge in [-0.05, 0) is 44.1 Å². The molecule has 3 heterocycles. The molecule has 2 fully saturated rings. The quantitative estimate of drug-likeness (QED) is 0.684. The Kier molecular flexibility index (Phi) is 4.51. The summed E-state index contributed by atoms with van der Waals surface area (Å²) < 4.78 is 9.19. The summed E-state index contributed by atoms with van der Waals surface area (Å²) in [6, 6.07) is 8.48. The lowest BCUT2D eigenvalue weighted by Gasteiger charge is -2.21. The molecule has 0 bridgehead atoms. The Balaban J connectivity index is 1.60. The van der Waals surface area contributed by atoms with Crippen molar-refractivity contribution in [3.05, 3.63) is 63.6 Å². The number of hydrogen-bond donors (Lipinski definition) is 0. The van der Waals surface area contributed by atoms with Gasteiger partial charge < -0.3 is 4.74 Å². The molecule has 146 valence electrons. The zero-order chi connectivity index (χ0) is 19.1. The fourth-order valence-corrected chi connectivity index (χ4v) is 4.04. The minimum absolute atomic E-state index is 0.0369. The van der Waals surface area contributed by atoms with Gasteiger partial charge in [-0.25, -0.2) is 9.50 Å². The van der Waals surface area contributed by atoms with E-state index in [9.17, 15) is 4.79 Å². The smallest absolute Gasteiger partial charge is 0.279 e. The van der Waals surface area contributed by atoms with Crippen LogP contribution in [0.3, 0.4) is 0 Å². The predicted octanol–water partition coefficient (Wildman–Crippen LogP) is 3.09. The Morgan fingerprint density at radius 2 is 1.86 bits per heavy atom. The van der Waals surface area contributed by atoms with Crippen LogP contribution in [-0.2, 0) is 17.7 Å². The minimum atomic E-state index is 0.0369. The van der Waals surface area contributed by atoms with Gasteiger partial charge in [0.1, 0.15) is 11.6 Å². The van der Waals surface area contributed by atoms with Crippen molar-refractivity contribution in [3.63, 3.8) is 0 Å². The topological polar surface area (TPSA) is 61.4 Å². The molecular weight excluding hydrogens is 352 g/mol. The van der Waals surface area contributed by atoms with E-state index in [1.54, 1.807) is 6.20 Å². The second-order valence-electron chi connectivity index (χ2n) is 8.24. The molecule has 28 heavy (non-hydrogen) atoms. The van der Waals surface area contributed by atoms with Gasteiger partial charge in [-0.2, -0.15) is 5.10 Å². The van der Waals surface area contributed by atoms with Crippen molar-refractivity contribution in [1.29, 1.82) is 0 Å². The SMILES string of the molecule is Cc1ccc(Cc2nn3c(C4CCOCC4)ncc3c(=O)n2CC2CC2)cc1. The monoisotopic (exact) mass is 378 g/mol. The van der Waals surface area contributed by atoms with Gasteiger partial charge in [0.25, 0.3) is 5.56 Å². The molecule has 2 aliphatic rings. The maximum Gasteiger partial charge on any atom is 0.279 e. The first kappa shape index (κ1) is 17.6. The highest BCUT2D eigenvalue weighted by atomic mass is 16.5. The zero-order valence-electron chi connectivity index (χ0n) is 16.3. The number of nitrogens with zero attached hydrogens (tertiary/aromatic N) is 4. The van der Waals surface area contributed by atoms with Crippen molar-refractivity contribution in [2.45, 2.75) is 51.5 Å². The van der Waals surface area contributed by atoms with Crippen LogP contribution in [0.4, 0.5) is 0 Å². The zero-order valence-corrected chi connectivity index (χ0v) is 16.3. The maximum atomic E-state index is 13.3. The van der Waals surface area contributed by atoms with Crippen molar-refractivity contribution in [3.8, 4) is 0 Å². The molecule has 0 atom stereocenters. The third-order valence-electron chi connectivity index (χ3n) is 5.96. The Labute approximate surface area is 164 Å². The van der Waals surface area contributed by atoms with Crippen LogP contribution in [0.15, 0.2) is 35.3 Å². The highest BCUT2D eigenvalue weighted by Crippen LogP contribution is 2.31. The van der Waals surface area contributed by atoms with Crippen molar-refractivity contribution >= 4 is 5.52 Å². The molecule has 1 aliphatic carbocycles. The number of aryl methyl sites for hydroxylation is 1. The van der Waals surface area contributed by atoms with Crippen LogP contribution in [0.5, 0.6) is 0 Å². The first-order valence-corrected chi connectivity index (χ1v) is 10.3. The van der Waals surface area contributed by atoms with Crippen molar-refractivity contribution in [2.75, 3.05) is 13.2 Å². The van der Waals surface area contributed by atoms with Crippen LogP contribution in [0.25, 0.3) is 5.52 Å². The van der Waals surface area contributed by atoms with E-state index < -0.39 is 0 Å². The second kappa shape index (κ2) is 7.17. The summed E-state index contributed by atoms with van der Waals surface area (Å²) in [7, 11) is 0. The van der Waals surface area contributed by atoms with Gasteiger partial charge in [0, 0.05) is 32.1 Å². The number of benzene rings is 1. The molecule has 0 amide bonds. The average Bonchev–Trinajstić information content (AvgIpc) is 3.44. The van der Waals surface area contributed by atoms with E-state index in [2.05, 4.69) is 36.2 Å². The average molecular weight is 378 g/mol. The Morgan fingerprint density at radius 1 is 1.11 bits per heavy atom. The third-order valence-corrected chi connectivity index (χ3v) is 5.96. The molecule has 6 nitrogen and oxygen atoms in total. The van der Waals surface area contributed by atoms with E-state index in [0.29, 0.717) is 23.8 Å². The molecule has 2 aromatic heterocycles. The third kappa shape index (κ3) is 3.37. The molecule has 0 radical (unpaired) electrons. The summed E-state index contributed by atoms with van der Waals surface area (Å²) in [5.74, 6) is 2.64. The van der Waals surface area contributed by atoms with Crippen molar-refractivity contribution in [2.24, 2.45) is 5.92 Å². The molecule has 1 aliphatic heterocycles. The second-order valence-corrected chi connectivity index (χ2v) is 8.24. The van der Waals surface area contributed by atoms with Crippen molar-refractivity contribution in [1.82, 2.24) is 19.2 Å². The van der Waals surface area contributed by atoms with Crippen LogP contribution in [0.2, 0.25) is 0 Å². The molecule has 6 heteroatoms. The molecule has 1 aromatic carbocycles. The normalized spacial score (nSPS) is 18.0. The highest BCUT2D eigenvalue weighted by molar-refractivity contribution is 5.43. The number of imidazole rings is 1. The molecule has 5 rings (SSSR count). The maximum absolute atomic E-state index is 13.3. The highest BCUT2D eigenvalue weighted by Gasteiger charge is 2.27. The first-order chi connectivity index (χ1) is 13.7. The summed E-state index contributed by atoms with van der Waals surface area (Å²) in [5.41, 5.74) is 3.04. The molecular formula is C22H26N4O2. The van der Waals surface area contributed by atoms with E-state index in [1.807, 2.05) is 9.08 Å². The van der Waals surface area contributed by atoms with E-state index >= 15 is 0 Å². The summed E-state index contributed by atoms with van der Waals surface area (Å²) in [4.78, 5) is 17.9. The van der Waals surface area contributed by atoms with Gasteiger partial charge in [0.2, 0.25) is 0 Å². The molecule has 1 saturated carbocycles. The number of hydrogen-bond acceptors (Lipinski definition) is 4. The number of ether oxygens (including phenoxy) is 1. The summed E-state index contributed by atoms with van der Waals surface area (Å²) >= 11 is 0. The van der Waals surface area contributed by atoms with Gasteiger partial charge in [0.15, 0.2) is 5.52 Å². The molecule has 0 spiro atoms. The van der Waals surface area contributed by atoms with Crippen LogP contribution in [0, 0.1) is 12.8 Å². The largest absolute Gasteiger partial charge is 0.381 e. The number of aromatic nitrogens is 4. The molecule has 0 N–H and O–H groups in total. The molecule has 0 unspecified atom stereocenters. The summed E-state index contributed by atoms with van der Waals surface area (Å²) in [5, 5.41) is 4.95. The van der Waals surface area contributed by atoms with Gasteiger partial charge in [0.05, 0.1) is 6.20 Å². The van der Waals surface area contributed by atoms with Gasteiger partial charge in [-0.1, -0.05) is 29.8 Å². The van der Waals surface area contributed by atoms with E-state index in [1.165, 1.54) is 24.0 Å². The Hall–Kier alpha value is -2.47. The fourth-order valence-electron chi connectivity index (χ4n) is 4.04.